The number of halogens is 2. The Hall–Kier alpha value is -1.33. The molecule has 0 aliphatic heterocycles. The average Bonchev–Trinajstić information content (AvgIpc) is 2.91. The molecule has 1 aromatic heterocycles. The van der Waals surface area contributed by atoms with Crippen molar-refractivity contribution in [2.24, 2.45) is 0 Å². The minimum atomic E-state index is -2.36. The van der Waals surface area contributed by atoms with E-state index in [-0.39, 0.29) is 11.8 Å². The SMILES string of the molecule is CC(NCc1ccc(CSC(F)F)o1)c1ccccc1. The smallest absolute Gasteiger partial charge is 0.284 e. The molecule has 1 aromatic carbocycles. The number of rotatable bonds is 7. The summed E-state index contributed by atoms with van der Waals surface area (Å²) in [6.45, 7) is 2.65. The highest BCUT2D eigenvalue weighted by atomic mass is 32.2. The highest BCUT2D eigenvalue weighted by Gasteiger charge is 2.09. The molecule has 0 radical (unpaired) electrons. The Balaban J connectivity index is 1.82. The van der Waals surface area contributed by atoms with Gasteiger partial charge in [0.1, 0.15) is 11.5 Å². The minimum absolute atomic E-state index is 0.200. The van der Waals surface area contributed by atoms with Gasteiger partial charge in [0.15, 0.2) is 0 Å². The Bertz CT molecular complexity index is 516. The maximum Gasteiger partial charge on any atom is 0.284 e. The van der Waals surface area contributed by atoms with Gasteiger partial charge in [0.2, 0.25) is 0 Å². The summed E-state index contributed by atoms with van der Waals surface area (Å²) in [6, 6.07) is 13.9. The molecule has 1 unspecified atom stereocenters. The second-order valence-corrected chi connectivity index (χ2v) is 5.43. The first-order chi connectivity index (χ1) is 9.65. The molecular weight excluding hydrogens is 280 g/mol. The van der Waals surface area contributed by atoms with Crippen LogP contribution in [0.2, 0.25) is 0 Å². The third kappa shape index (κ3) is 4.65. The van der Waals surface area contributed by atoms with Gasteiger partial charge in [0.05, 0.1) is 12.3 Å². The van der Waals surface area contributed by atoms with Crippen LogP contribution in [0.3, 0.4) is 0 Å². The second-order valence-electron chi connectivity index (χ2n) is 4.45. The summed E-state index contributed by atoms with van der Waals surface area (Å²) in [5.41, 5.74) is 1.20. The largest absolute Gasteiger partial charge is 0.464 e. The summed E-state index contributed by atoms with van der Waals surface area (Å²) in [5, 5.41) is 3.34. The predicted octanol–water partition coefficient (Wildman–Crippen LogP) is 4.59. The molecule has 2 aromatic rings. The van der Waals surface area contributed by atoms with E-state index < -0.39 is 5.76 Å². The van der Waals surface area contributed by atoms with Gasteiger partial charge in [-0.05, 0) is 24.6 Å². The van der Waals surface area contributed by atoms with Crippen LogP contribution in [0.4, 0.5) is 8.78 Å². The molecule has 1 atom stereocenters. The lowest BCUT2D eigenvalue weighted by molar-refractivity contribution is 0.251. The Morgan fingerprint density at radius 3 is 2.50 bits per heavy atom. The molecule has 0 fully saturated rings. The molecule has 2 rings (SSSR count). The van der Waals surface area contributed by atoms with Crippen molar-refractivity contribution >= 4 is 11.8 Å². The van der Waals surface area contributed by atoms with Crippen LogP contribution >= 0.6 is 11.8 Å². The van der Waals surface area contributed by atoms with Gasteiger partial charge >= 0.3 is 0 Å². The van der Waals surface area contributed by atoms with E-state index in [4.69, 9.17) is 4.42 Å². The maximum atomic E-state index is 12.1. The van der Waals surface area contributed by atoms with Gasteiger partial charge < -0.3 is 9.73 Å². The number of nitrogens with one attached hydrogen (secondary N) is 1. The monoisotopic (exact) mass is 297 g/mol. The molecule has 0 amide bonds. The van der Waals surface area contributed by atoms with Crippen molar-refractivity contribution in [2.45, 2.75) is 31.0 Å². The number of benzene rings is 1. The molecule has 0 spiro atoms. The number of hydrogen-bond donors (Lipinski definition) is 1. The molecule has 5 heteroatoms. The van der Waals surface area contributed by atoms with Crippen molar-refractivity contribution in [3.8, 4) is 0 Å². The van der Waals surface area contributed by atoms with Crippen molar-refractivity contribution in [1.82, 2.24) is 5.32 Å². The molecule has 1 heterocycles. The molecule has 108 valence electrons. The summed E-state index contributed by atoms with van der Waals surface area (Å²) in [7, 11) is 0. The van der Waals surface area contributed by atoms with E-state index in [9.17, 15) is 8.78 Å². The van der Waals surface area contributed by atoms with Gasteiger partial charge in [0.25, 0.3) is 5.76 Å². The van der Waals surface area contributed by atoms with Gasteiger partial charge in [-0.25, -0.2) is 0 Å². The minimum Gasteiger partial charge on any atom is -0.464 e. The van der Waals surface area contributed by atoms with Gasteiger partial charge in [-0.3, -0.25) is 0 Å². The van der Waals surface area contributed by atoms with E-state index in [1.165, 1.54) is 5.56 Å². The van der Waals surface area contributed by atoms with Crippen molar-refractivity contribution in [3.05, 3.63) is 59.5 Å². The van der Waals surface area contributed by atoms with E-state index in [2.05, 4.69) is 24.4 Å². The van der Waals surface area contributed by atoms with E-state index >= 15 is 0 Å². The van der Waals surface area contributed by atoms with E-state index in [0.717, 1.165) is 5.76 Å². The average molecular weight is 297 g/mol. The first kappa shape index (κ1) is 15.1. The van der Waals surface area contributed by atoms with Crippen LogP contribution in [0.15, 0.2) is 46.9 Å². The fourth-order valence-corrected chi connectivity index (χ4v) is 2.30. The predicted molar refractivity (Wildman–Crippen MR) is 77.7 cm³/mol. The summed E-state index contributed by atoms with van der Waals surface area (Å²) in [5.74, 6) is -0.816. The van der Waals surface area contributed by atoms with E-state index in [1.807, 2.05) is 24.3 Å². The molecule has 0 aliphatic rings. The third-order valence-electron chi connectivity index (χ3n) is 2.95. The highest BCUT2D eigenvalue weighted by molar-refractivity contribution is 7.98. The Labute approximate surface area is 121 Å². The molecule has 2 nitrogen and oxygen atoms in total. The molecule has 0 saturated heterocycles. The van der Waals surface area contributed by atoms with Crippen molar-refractivity contribution < 1.29 is 13.2 Å². The molecule has 20 heavy (non-hydrogen) atoms. The van der Waals surface area contributed by atoms with Crippen molar-refractivity contribution in [2.75, 3.05) is 0 Å². The fourth-order valence-electron chi connectivity index (χ4n) is 1.85. The Kier molecular flexibility index (Phi) is 5.61. The van der Waals surface area contributed by atoms with Gasteiger partial charge in [0, 0.05) is 6.04 Å². The maximum absolute atomic E-state index is 12.1. The Morgan fingerprint density at radius 2 is 1.80 bits per heavy atom. The van der Waals surface area contributed by atoms with Crippen LogP contribution < -0.4 is 5.32 Å². The first-order valence-electron chi connectivity index (χ1n) is 6.41. The molecule has 1 N–H and O–H groups in total. The zero-order valence-corrected chi connectivity index (χ0v) is 12.0. The lowest BCUT2D eigenvalue weighted by Crippen LogP contribution is -2.17. The summed E-state index contributed by atoms with van der Waals surface area (Å²) < 4.78 is 29.7. The molecular formula is C15H17F2NOS. The van der Waals surface area contributed by atoms with E-state index in [1.54, 1.807) is 6.07 Å². The second kappa shape index (κ2) is 7.45. The van der Waals surface area contributed by atoms with Gasteiger partial charge in [-0.15, -0.1) is 0 Å². The van der Waals surface area contributed by atoms with Crippen LogP contribution in [0.25, 0.3) is 0 Å². The van der Waals surface area contributed by atoms with Crippen LogP contribution in [0.5, 0.6) is 0 Å². The quantitative estimate of drug-likeness (QED) is 0.809. The number of furan rings is 1. The van der Waals surface area contributed by atoms with Gasteiger partial charge in [-0.2, -0.15) is 8.78 Å². The normalized spacial score (nSPS) is 12.8. The summed E-state index contributed by atoms with van der Waals surface area (Å²) in [6.07, 6.45) is 0. The molecule has 0 saturated carbocycles. The zero-order chi connectivity index (χ0) is 14.4. The van der Waals surface area contributed by atoms with Crippen LogP contribution in [0.1, 0.15) is 30.0 Å². The zero-order valence-electron chi connectivity index (χ0n) is 11.2. The topological polar surface area (TPSA) is 25.2 Å². The fraction of sp³-hybridized carbons (Fsp3) is 0.333. The highest BCUT2D eigenvalue weighted by Crippen LogP contribution is 2.21. The van der Waals surface area contributed by atoms with Crippen molar-refractivity contribution in [1.29, 1.82) is 0 Å². The first-order valence-corrected chi connectivity index (χ1v) is 7.45. The summed E-state index contributed by atoms with van der Waals surface area (Å²) in [4.78, 5) is 0. The number of hydrogen-bond acceptors (Lipinski definition) is 3. The van der Waals surface area contributed by atoms with Crippen LogP contribution in [-0.2, 0) is 12.3 Å². The van der Waals surface area contributed by atoms with Crippen LogP contribution in [-0.4, -0.2) is 5.76 Å². The standard InChI is InChI=1S/C15H17F2NOS/c1-11(12-5-3-2-4-6-12)18-9-13-7-8-14(19-13)10-20-15(16)17/h2-8,11,15,18H,9-10H2,1H3. The van der Waals surface area contributed by atoms with E-state index in [0.29, 0.717) is 24.1 Å². The van der Waals surface area contributed by atoms with Crippen LogP contribution in [0, 0.1) is 0 Å². The lowest BCUT2D eigenvalue weighted by Gasteiger charge is -2.12. The molecule has 0 aliphatic carbocycles. The lowest BCUT2D eigenvalue weighted by atomic mass is 10.1. The Morgan fingerprint density at radius 1 is 1.10 bits per heavy atom. The number of thioether (sulfide) groups is 1. The molecule has 0 bridgehead atoms. The number of alkyl halides is 2. The summed E-state index contributed by atoms with van der Waals surface area (Å²) >= 11 is 0.571. The van der Waals surface area contributed by atoms with Crippen molar-refractivity contribution in [3.63, 3.8) is 0 Å². The van der Waals surface area contributed by atoms with Gasteiger partial charge in [-0.1, -0.05) is 42.1 Å². The third-order valence-corrected chi connectivity index (χ3v) is 3.65.